The van der Waals surface area contributed by atoms with Gasteiger partial charge in [0.2, 0.25) is 5.91 Å². The van der Waals surface area contributed by atoms with Crippen LogP contribution in [0.2, 0.25) is 5.02 Å². The number of carbonyl (C=O) groups excluding carboxylic acids is 1. The fraction of sp³-hybridized carbons (Fsp3) is 0.611. The molecule has 0 aromatic heterocycles. The Balaban J connectivity index is 1.39. The number of nitrogens with zero attached hydrogens (tertiary/aromatic N) is 2. The Morgan fingerprint density at radius 3 is 2.88 bits per heavy atom. The minimum atomic E-state index is -0.00235. The van der Waals surface area contributed by atoms with Crippen LogP contribution >= 0.6 is 11.6 Å². The van der Waals surface area contributed by atoms with Crippen molar-refractivity contribution >= 4 is 17.5 Å². The Morgan fingerprint density at radius 2 is 2.08 bits per heavy atom. The summed E-state index contributed by atoms with van der Waals surface area (Å²) in [4.78, 5) is 17.1. The molecule has 1 amide bonds. The topological polar surface area (TPSA) is 42.0 Å². The third-order valence-electron chi connectivity index (χ3n) is 5.17. The van der Waals surface area contributed by atoms with Crippen LogP contribution in [0.1, 0.15) is 12.0 Å². The maximum Gasteiger partial charge on any atom is 0.228 e. The van der Waals surface area contributed by atoms with Crippen LogP contribution in [0.5, 0.6) is 0 Å². The molecule has 130 valence electrons. The number of morpholine rings is 2. The van der Waals surface area contributed by atoms with Crippen LogP contribution in [0.4, 0.5) is 0 Å². The molecule has 1 aromatic carbocycles. The van der Waals surface area contributed by atoms with E-state index in [1.807, 2.05) is 23.1 Å². The van der Waals surface area contributed by atoms with Crippen LogP contribution in [-0.4, -0.2) is 67.3 Å². The second kappa shape index (κ2) is 7.00. The number of likely N-dealkylation sites (tertiary alicyclic amines) is 1. The first kappa shape index (κ1) is 16.3. The Bertz CT molecular complexity index is 606. The lowest BCUT2D eigenvalue weighted by molar-refractivity contribution is -0.142. The average molecular weight is 351 g/mol. The monoisotopic (exact) mass is 350 g/mol. The highest BCUT2D eigenvalue weighted by molar-refractivity contribution is 6.30. The predicted molar refractivity (Wildman–Crippen MR) is 90.9 cm³/mol. The van der Waals surface area contributed by atoms with Gasteiger partial charge in [0.05, 0.1) is 31.3 Å². The van der Waals surface area contributed by atoms with E-state index in [1.54, 1.807) is 0 Å². The second-order valence-corrected chi connectivity index (χ2v) is 7.34. The van der Waals surface area contributed by atoms with Crippen molar-refractivity contribution in [1.29, 1.82) is 0 Å². The molecule has 3 aliphatic heterocycles. The molecule has 3 aliphatic rings. The minimum Gasteiger partial charge on any atom is -0.378 e. The van der Waals surface area contributed by atoms with Gasteiger partial charge >= 0.3 is 0 Å². The number of benzene rings is 1. The summed E-state index contributed by atoms with van der Waals surface area (Å²) in [5.74, 6) is 0.243. The molecule has 3 fully saturated rings. The molecule has 0 spiro atoms. The normalized spacial score (nSPS) is 30.5. The molecule has 0 saturated carbocycles. The highest BCUT2D eigenvalue weighted by Crippen LogP contribution is 2.34. The van der Waals surface area contributed by atoms with Gasteiger partial charge < -0.3 is 14.4 Å². The van der Waals surface area contributed by atoms with E-state index >= 15 is 0 Å². The van der Waals surface area contributed by atoms with Gasteiger partial charge in [-0.1, -0.05) is 23.7 Å². The number of amides is 1. The van der Waals surface area contributed by atoms with E-state index in [4.69, 9.17) is 21.1 Å². The van der Waals surface area contributed by atoms with E-state index in [2.05, 4.69) is 11.0 Å². The van der Waals surface area contributed by atoms with Crippen molar-refractivity contribution in [2.45, 2.75) is 25.2 Å². The molecule has 2 bridgehead atoms. The van der Waals surface area contributed by atoms with Crippen LogP contribution in [-0.2, 0) is 20.8 Å². The van der Waals surface area contributed by atoms with Crippen molar-refractivity contribution in [1.82, 2.24) is 9.80 Å². The van der Waals surface area contributed by atoms with Crippen LogP contribution in [0.15, 0.2) is 24.3 Å². The van der Waals surface area contributed by atoms with Crippen LogP contribution < -0.4 is 0 Å². The molecular weight excluding hydrogens is 328 g/mol. The maximum absolute atomic E-state index is 12.8. The Morgan fingerprint density at radius 1 is 1.25 bits per heavy atom. The molecule has 3 atom stereocenters. The van der Waals surface area contributed by atoms with Gasteiger partial charge in [-0.25, -0.2) is 0 Å². The summed E-state index contributed by atoms with van der Waals surface area (Å²) in [6.07, 6.45) is 1.02. The van der Waals surface area contributed by atoms with Crippen molar-refractivity contribution in [2.75, 3.05) is 39.4 Å². The van der Waals surface area contributed by atoms with Gasteiger partial charge in [0.15, 0.2) is 0 Å². The van der Waals surface area contributed by atoms with Crippen LogP contribution in [0.25, 0.3) is 0 Å². The van der Waals surface area contributed by atoms with E-state index in [0.29, 0.717) is 26.3 Å². The van der Waals surface area contributed by atoms with Gasteiger partial charge in [-0.05, 0) is 24.1 Å². The van der Waals surface area contributed by atoms with Gasteiger partial charge in [-0.2, -0.15) is 0 Å². The predicted octanol–water partition coefficient (Wildman–Crippen LogP) is 1.79. The minimum absolute atomic E-state index is 0.00235. The van der Waals surface area contributed by atoms with E-state index < -0.39 is 0 Å². The second-order valence-electron chi connectivity index (χ2n) is 6.90. The number of halogens is 1. The molecule has 0 N–H and O–H groups in total. The first-order valence-corrected chi connectivity index (χ1v) is 9.05. The molecule has 4 rings (SSSR count). The van der Waals surface area contributed by atoms with E-state index in [9.17, 15) is 4.79 Å². The number of hydrogen-bond donors (Lipinski definition) is 0. The van der Waals surface area contributed by atoms with Gasteiger partial charge in [-0.3, -0.25) is 9.69 Å². The molecule has 24 heavy (non-hydrogen) atoms. The fourth-order valence-electron chi connectivity index (χ4n) is 4.04. The molecule has 6 heteroatoms. The fourth-order valence-corrected chi connectivity index (χ4v) is 4.25. The lowest BCUT2D eigenvalue weighted by atomic mass is 9.98. The van der Waals surface area contributed by atoms with Gasteiger partial charge in [0.25, 0.3) is 0 Å². The third kappa shape index (κ3) is 3.45. The van der Waals surface area contributed by atoms with E-state index in [-0.39, 0.29) is 24.0 Å². The van der Waals surface area contributed by atoms with Crippen LogP contribution in [0, 0.1) is 5.92 Å². The zero-order chi connectivity index (χ0) is 16.5. The smallest absolute Gasteiger partial charge is 0.228 e. The number of rotatable bonds is 3. The summed E-state index contributed by atoms with van der Waals surface area (Å²) < 4.78 is 11.4. The standard InChI is InChI=1S/C18H23ClN2O3/c19-14-3-1-2-13(8-14)10-20-11-15-9-16(17(12-20)24-15)18(22)21-4-6-23-7-5-21/h1-3,8,15-17H,4-7,9-12H2/t15-,16+,17-/m0/s1. The quantitative estimate of drug-likeness (QED) is 0.833. The van der Waals surface area contributed by atoms with E-state index in [0.717, 1.165) is 31.1 Å². The number of fused-ring (bicyclic) bond motifs is 2. The van der Waals surface area contributed by atoms with Crippen molar-refractivity contribution in [2.24, 2.45) is 5.92 Å². The summed E-state index contributed by atoms with van der Waals surface area (Å²) in [6.45, 7) is 5.26. The summed E-state index contributed by atoms with van der Waals surface area (Å²) in [7, 11) is 0. The lowest BCUT2D eigenvalue weighted by Gasteiger charge is -2.34. The zero-order valence-corrected chi connectivity index (χ0v) is 14.5. The molecule has 5 nitrogen and oxygen atoms in total. The lowest BCUT2D eigenvalue weighted by Crippen LogP contribution is -2.48. The average Bonchev–Trinajstić information content (AvgIpc) is 2.89. The van der Waals surface area contributed by atoms with Crippen molar-refractivity contribution in [3.8, 4) is 0 Å². The third-order valence-corrected chi connectivity index (χ3v) is 5.40. The highest BCUT2D eigenvalue weighted by Gasteiger charge is 2.45. The molecule has 0 unspecified atom stereocenters. The molecule has 0 radical (unpaired) electrons. The van der Waals surface area contributed by atoms with Crippen LogP contribution in [0.3, 0.4) is 0 Å². The summed E-state index contributed by atoms with van der Waals surface area (Å²) in [5.41, 5.74) is 1.21. The Kier molecular flexibility index (Phi) is 4.77. The molecule has 0 aliphatic carbocycles. The first-order valence-electron chi connectivity index (χ1n) is 8.68. The van der Waals surface area contributed by atoms with E-state index in [1.165, 1.54) is 5.56 Å². The highest BCUT2D eigenvalue weighted by atomic mass is 35.5. The summed E-state index contributed by atoms with van der Waals surface area (Å²) >= 11 is 6.08. The Labute approximate surface area is 147 Å². The number of ether oxygens (including phenoxy) is 2. The van der Waals surface area contributed by atoms with Gasteiger partial charge in [0, 0.05) is 37.7 Å². The van der Waals surface area contributed by atoms with Crippen molar-refractivity contribution in [3.05, 3.63) is 34.9 Å². The first-order chi connectivity index (χ1) is 11.7. The Hall–Kier alpha value is -1.14. The maximum atomic E-state index is 12.8. The van der Waals surface area contributed by atoms with Gasteiger partial charge in [-0.15, -0.1) is 0 Å². The number of hydrogen-bond acceptors (Lipinski definition) is 4. The molecular formula is C18H23ClN2O3. The molecule has 3 saturated heterocycles. The summed E-state index contributed by atoms with van der Waals surface area (Å²) in [6, 6.07) is 7.98. The number of carbonyl (C=O) groups is 1. The van der Waals surface area contributed by atoms with Crippen molar-refractivity contribution in [3.63, 3.8) is 0 Å². The van der Waals surface area contributed by atoms with Crippen molar-refractivity contribution < 1.29 is 14.3 Å². The SMILES string of the molecule is O=C([C@@H]1C[C@H]2CN(Cc3cccc(Cl)c3)C[C@@H]1O2)N1CCOCC1. The van der Waals surface area contributed by atoms with Gasteiger partial charge in [0.1, 0.15) is 0 Å². The zero-order valence-electron chi connectivity index (χ0n) is 13.7. The summed E-state index contributed by atoms with van der Waals surface area (Å²) in [5, 5.41) is 0.768. The molecule has 3 heterocycles. The molecule has 1 aromatic rings. The largest absolute Gasteiger partial charge is 0.378 e.